The van der Waals surface area contributed by atoms with E-state index in [0.717, 1.165) is 25.9 Å². The normalized spacial score (nSPS) is 10.3. The van der Waals surface area contributed by atoms with Gasteiger partial charge in [0.05, 0.1) is 0 Å². The third-order valence-corrected chi connectivity index (χ3v) is 2.07. The molecule has 84 valence electrons. The van der Waals surface area contributed by atoms with E-state index in [-0.39, 0.29) is 6.03 Å². The van der Waals surface area contributed by atoms with E-state index in [1.165, 1.54) is 12.8 Å². The molecule has 0 bridgehead atoms. The zero-order valence-corrected chi connectivity index (χ0v) is 9.73. The van der Waals surface area contributed by atoms with Crippen molar-refractivity contribution in [2.75, 3.05) is 13.1 Å². The molecule has 0 aliphatic carbocycles. The Kier molecular flexibility index (Phi) is 8.39. The number of unbranched alkanes of at least 4 members (excludes halogenated alkanes) is 2. The maximum atomic E-state index is 11.2. The van der Waals surface area contributed by atoms with Crippen LogP contribution in [0.4, 0.5) is 4.79 Å². The zero-order valence-electron chi connectivity index (χ0n) is 9.73. The monoisotopic (exact) mass is 200 g/mol. The summed E-state index contributed by atoms with van der Waals surface area (Å²) in [6, 6.07) is -0.0262. The van der Waals surface area contributed by atoms with E-state index in [1.54, 1.807) is 0 Å². The van der Waals surface area contributed by atoms with Gasteiger partial charge in [-0.05, 0) is 18.8 Å². The summed E-state index contributed by atoms with van der Waals surface area (Å²) in [6.45, 7) is 8.03. The van der Waals surface area contributed by atoms with Crippen molar-refractivity contribution in [3.63, 3.8) is 0 Å². The van der Waals surface area contributed by atoms with Crippen molar-refractivity contribution < 1.29 is 4.79 Å². The molecule has 14 heavy (non-hydrogen) atoms. The SMILES string of the molecule is CCCCCNC(=O)NCCC(C)C. The van der Waals surface area contributed by atoms with Crippen LogP contribution in [0.25, 0.3) is 0 Å². The predicted molar refractivity (Wildman–Crippen MR) is 60.4 cm³/mol. The third-order valence-electron chi connectivity index (χ3n) is 2.07. The van der Waals surface area contributed by atoms with Crippen LogP contribution in [0.3, 0.4) is 0 Å². The topological polar surface area (TPSA) is 41.1 Å². The summed E-state index contributed by atoms with van der Waals surface area (Å²) in [6.07, 6.45) is 4.50. The second-order valence-corrected chi connectivity index (χ2v) is 4.07. The highest BCUT2D eigenvalue weighted by Crippen LogP contribution is 1.96. The molecule has 3 heteroatoms. The molecule has 0 aliphatic rings. The molecule has 0 aromatic rings. The van der Waals surface area contributed by atoms with Crippen LogP contribution < -0.4 is 10.6 Å². The molecule has 3 nitrogen and oxygen atoms in total. The summed E-state index contributed by atoms with van der Waals surface area (Å²) in [5.74, 6) is 0.649. The summed E-state index contributed by atoms with van der Waals surface area (Å²) < 4.78 is 0. The fourth-order valence-electron chi connectivity index (χ4n) is 1.11. The van der Waals surface area contributed by atoms with Gasteiger partial charge in [0.25, 0.3) is 0 Å². The lowest BCUT2D eigenvalue weighted by molar-refractivity contribution is 0.240. The molecule has 0 spiro atoms. The molecule has 0 saturated heterocycles. The van der Waals surface area contributed by atoms with Crippen LogP contribution in [-0.2, 0) is 0 Å². The number of rotatable bonds is 7. The van der Waals surface area contributed by atoms with Crippen molar-refractivity contribution in [3.8, 4) is 0 Å². The molecule has 0 aromatic carbocycles. The standard InChI is InChI=1S/C11H24N2O/c1-4-5-6-8-12-11(14)13-9-7-10(2)3/h10H,4-9H2,1-3H3,(H2,12,13,14). The van der Waals surface area contributed by atoms with Gasteiger partial charge in [0, 0.05) is 13.1 Å². The molecule has 2 N–H and O–H groups in total. The molecule has 0 heterocycles. The largest absolute Gasteiger partial charge is 0.338 e. The molecule has 0 aromatic heterocycles. The minimum Gasteiger partial charge on any atom is -0.338 e. The van der Waals surface area contributed by atoms with Crippen LogP contribution in [0.2, 0.25) is 0 Å². The number of carbonyl (C=O) groups is 1. The van der Waals surface area contributed by atoms with Gasteiger partial charge in [-0.15, -0.1) is 0 Å². The third kappa shape index (κ3) is 9.36. The molecule has 2 amide bonds. The number of urea groups is 1. The molecule has 0 fully saturated rings. The van der Waals surface area contributed by atoms with Crippen LogP contribution in [0.15, 0.2) is 0 Å². The number of hydrogen-bond donors (Lipinski definition) is 2. The molecule has 0 atom stereocenters. The smallest absolute Gasteiger partial charge is 0.314 e. The van der Waals surface area contributed by atoms with Crippen LogP contribution in [0.1, 0.15) is 46.5 Å². The Hall–Kier alpha value is -0.730. The first-order valence-electron chi connectivity index (χ1n) is 5.68. The van der Waals surface area contributed by atoms with Crippen LogP contribution in [0.5, 0.6) is 0 Å². The Bertz CT molecular complexity index is 146. The van der Waals surface area contributed by atoms with Crippen molar-refractivity contribution in [1.82, 2.24) is 10.6 Å². The van der Waals surface area contributed by atoms with E-state index in [1.807, 2.05) is 0 Å². The molecule has 0 radical (unpaired) electrons. The zero-order chi connectivity index (χ0) is 10.8. The lowest BCUT2D eigenvalue weighted by atomic mass is 10.1. The van der Waals surface area contributed by atoms with E-state index >= 15 is 0 Å². The highest BCUT2D eigenvalue weighted by molar-refractivity contribution is 5.73. The minimum absolute atomic E-state index is 0.0262. The Labute approximate surface area is 87.6 Å². The van der Waals surface area contributed by atoms with Gasteiger partial charge >= 0.3 is 6.03 Å². The summed E-state index contributed by atoms with van der Waals surface area (Å²) >= 11 is 0. The van der Waals surface area contributed by atoms with Crippen molar-refractivity contribution in [1.29, 1.82) is 0 Å². The average Bonchev–Trinajstić information content (AvgIpc) is 2.12. The van der Waals surface area contributed by atoms with Gasteiger partial charge in [0.15, 0.2) is 0 Å². The van der Waals surface area contributed by atoms with Gasteiger partial charge in [-0.3, -0.25) is 0 Å². The quantitative estimate of drug-likeness (QED) is 0.609. The average molecular weight is 200 g/mol. The molecule has 0 unspecified atom stereocenters. The van der Waals surface area contributed by atoms with Crippen LogP contribution in [-0.4, -0.2) is 19.1 Å². The highest BCUT2D eigenvalue weighted by Gasteiger charge is 1.99. The number of carbonyl (C=O) groups excluding carboxylic acids is 1. The van der Waals surface area contributed by atoms with Crippen molar-refractivity contribution in [2.45, 2.75) is 46.5 Å². The van der Waals surface area contributed by atoms with Crippen LogP contribution >= 0.6 is 0 Å². The maximum absolute atomic E-state index is 11.2. The molecule has 0 rings (SSSR count). The van der Waals surface area contributed by atoms with Gasteiger partial charge < -0.3 is 10.6 Å². The summed E-state index contributed by atoms with van der Waals surface area (Å²) in [4.78, 5) is 11.2. The Morgan fingerprint density at radius 1 is 1.14 bits per heavy atom. The lowest BCUT2D eigenvalue weighted by Crippen LogP contribution is -2.36. The summed E-state index contributed by atoms with van der Waals surface area (Å²) in [5.41, 5.74) is 0. The Morgan fingerprint density at radius 2 is 1.79 bits per heavy atom. The van der Waals surface area contributed by atoms with E-state index in [0.29, 0.717) is 5.92 Å². The van der Waals surface area contributed by atoms with Crippen molar-refractivity contribution >= 4 is 6.03 Å². The van der Waals surface area contributed by atoms with Gasteiger partial charge in [-0.2, -0.15) is 0 Å². The van der Waals surface area contributed by atoms with Gasteiger partial charge in [0.1, 0.15) is 0 Å². The Morgan fingerprint density at radius 3 is 2.36 bits per heavy atom. The van der Waals surface area contributed by atoms with Crippen LogP contribution in [0, 0.1) is 5.92 Å². The predicted octanol–water partition coefficient (Wildman–Crippen LogP) is 2.52. The Balaban J connectivity index is 3.20. The fraction of sp³-hybridized carbons (Fsp3) is 0.909. The molecule has 0 saturated carbocycles. The molecular formula is C11H24N2O. The van der Waals surface area contributed by atoms with E-state index < -0.39 is 0 Å². The van der Waals surface area contributed by atoms with E-state index in [9.17, 15) is 4.79 Å². The molecular weight excluding hydrogens is 176 g/mol. The minimum atomic E-state index is -0.0262. The second-order valence-electron chi connectivity index (χ2n) is 4.07. The van der Waals surface area contributed by atoms with Gasteiger partial charge in [0.2, 0.25) is 0 Å². The lowest BCUT2D eigenvalue weighted by Gasteiger charge is -2.08. The first-order valence-corrected chi connectivity index (χ1v) is 5.68. The van der Waals surface area contributed by atoms with Crippen molar-refractivity contribution in [3.05, 3.63) is 0 Å². The number of hydrogen-bond acceptors (Lipinski definition) is 1. The summed E-state index contributed by atoms with van der Waals surface area (Å²) in [7, 11) is 0. The van der Waals surface area contributed by atoms with E-state index in [4.69, 9.17) is 0 Å². The second kappa shape index (κ2) is 8.85. The van der Waals surface area contributed by atoms with Gasteiger partial charge in [-0.25, -0.2) is 4.79 Å². The molecule has 0 aliphatic heterocycles. The van der Waals surface area contributed by atoms with Crippen molar-refractivity contribution in [2.24, 2.45) is 5.92 Å². The van der Waals surface area contributed by atoms with Gasteiger partial charge in [-0.1, -0.05) is 33.6 Å². The van der Waals surface area contributed by atoms with E-state index in [2.05, 4.69) is 31.4 Å². The number of nitrogens with one attached hydrogen (secondary N) is 2. The highest BCUT2D eigenvalue weighted by atomic mass is 16.2. The first-order chi connectivity index (χ1) is 6.66. The fourth-order valence-corrected chi connectivity index (χ4v) is 1.11. The number of amides is 2. The maximum Gasteiger partial charge on any atom is 0.314 e. The summed E-state index contributed by atoms with van der Waals surface area (Å²) in [5, 5.41) is 5.68. The first kappa shape index (κ1) is 13.3.